The summed E-state index contributed by atoms with van der Waals surface area (Å²) in [6, 6.07) is 0.231. The molecular weight excluding hydrogens is 196 g/mol. The number of aryl methyl sites for hydroxylation is 1. The molecule has 0 saturated heterocycles. The Bertz CT molecular complexity index is 273. The van der Waals surface area contributed by atoms with E-state index < -0.39 is 0 Å². The summed E-state index contributed by atoms with van der Waals surface area (Å²) < 4.78 is 0. The van der Waals surface area contributed by atoms with E-state index in [0.29, 0.717) is 6.54 Å². The number of thiazole rings is 1. The van der Waals surface area contributed by atoms with Gasteiger partial charge in [0.2, 0.25) is 0 Å². The molecule has 0 aliphatic rings. The summed E-state index contributed by atoms with van der Waals surface area (Å²) in [4.78, 5) is 5.65. The van der Waals surface area contributed by atoms with Gasteiger partial charge >= 0.3 is 0 Å². The van der Waals surface area contributed by atoms with Gasteiger partial charge in [0.05, 0.1) is 12.1 Å². The Morgan fingerprint density at radius 1 is 1.57 bits per heavy atom. The zero-order valence-corrected chi connectivity index (χ0v) is 9.77. The minimum Gasteiger partial charge on any atom is -0.392 e. The third-order valence-corrected chi connectivity index (χ3v) is 3.33. The summed E-state index contributed by atoms with van der Waals surface area (Å²) >= 11 is 1.74. The van der Waals surface area contributed by atoms with Crippen molar-refractivity contribution in [2.75, 3.05) is 6.54 Å². The summed E-state index contributed by atoms with van der Waals surface area (Å²) in [7, 11) is 0. The van der Waals surface area contributed by atoms with Crippen LogP contribution in [0.3, 0.4) is 0 Å². The number of hydrogen-bond acceptors (Lipinski definition) is 4. The highest BCUT2D eigenvalue weighted by Crippen LogP contribution is 2.19. The van der Waals surface area contributed by atoms with E-state index in [9.17, 15) is 0 Å². The highest BCUT2D eigenvalue weighted by molar-refractivity contribution is 7.11. The van der Waals surface area contributed by atoms with Crippen LogP contribution in [0, 0.1) is 0 Å². The van der Waals surface area contributed by atoms with Gasteiger partial charge in [-0.25, -0.2) is 4.98 Å². The third kappa shape index (κ3) is 3.36. The quantitative estimate of drug-likeness (QED) is 0.784. The molecule has 1 heterocycles. The summed E-state index contributed by atoms with van der Waals surface area (Å²) in [5.74, 6) is 0. The van der Waals surface area contributed by atoms with E-state index in [2.05, 4.69) is 24.1 Å². The Labute approximate surface area is 89.2 Å². The van der Waals surface area contributed by atoms with Crippen LogP contribution in [0.4, 0.5) is 0 Å². The summed E-state index contributed by atoms with van der Waals surface area (Å²) in [5.41, 5.74) is 0. The Morgan fingerprint density at radius 2 is 2.29 bits per heavy atom. The van der Waals surface area contributed by atoms with Crippen LogP contribution >= 0.6 is 11.3 Å². The van der Waals surface area contributed by atoms with E-state index in [4.69, 9.17) is 5.11 Å². The number of rotatable bonds is 5. The Balaban J connectivity index is 2.47. The van der Waals surface area contributed by atoms with Crippen molar-refractivity contribution in [1.29, 1.82) is 0 Å². The second-order valence-corrected chi connectivity index (χ2v) is 4.64. The lowest BCUT2D eigenvalue weighted by Crippen LogP contribution is -2.26. The predicted molar refractivity (Wildman–Crippen MR) is 59.6 cm³/mol. The van der Waals surface area contributed by atoms with Crippen LogP contribution in [0.25, 0.3) is 0 Å². The number of aliphatic hydroxyl groups is 1. The predicted octanol–water partition coefficient (Wildman–Crippen LogP) is 1.74. The molecule has 1 aromatic rings. The number of hydrogen-bond donors (Lipinski definition) is 2. The molecule has 3 nitrogen and oxygen atoms in total. The molecule has 0 radical (unpaired) electrons. The molecule has 0 amide bonds. The fourth-order valence-corrected chi connectivity index (χ4v) is 2.00. The number of aromatic nitrogens is 1. The van der Waals surface area contributed by atoms with Crippen LogP contribution < -0.4 is 5.32 Å². The molecule has 4 heteroatoms. The lowest BCUT2D eigenvalue weighted by Gasteiger charge is -2.12. The van der Waals surface area contributed by atoms with Crippen molar-refractivity contribution in [2.45, 2.75) is 39.3 Å². The van der Waals surface area contributed by atoms with Crippen LogP contribution in [0.1, 0.15) is 36.7 Å². The van der Waals surface area contributed by atoms with Crippen molar-refractivity contribution in [3.05, 3.63) is 16.1 Å². The van der Waals surface area contributed by atoms with E-state index in [-0.39, 0.29) is 12.1 Å². The van der Waals surface area contributed by atoms with Crippen molar-refractivity contribution in [1.82, 2.24) is 10.3 Å². The van der Waals surface area contributed by atoms with Gasteiger partial charge in [-0.05, 0) is 20.3 Å². The van der Waals surface area contributed by atoms with E-state index in [0.717, 1.165) is 11.4 Å². The number of nitrogens with zero attached hydrogens (tertiary/aromatic N) is 1. The maximum atomic E-state index is 9.12. The molecule has 1 aromatic heterocycles. The Morgan fingerprint density at radius 3 is 2.79 bits per heavy atom. The van der Waals surface area contributed by atoms with Gasteiger partial charge in [-0.2, -0.15) is 0 Å². The molecule has 14 heavy (non-hydrogen) atoms. The average molecular weight is 214 g/mol. The van der Waals surface area contributed by atoms with Gasteiger partial charge in [0.25, 0.3) is 0 Å². The van der Waals surface area contributed by atoms with Crippen LogP contribution in [-0.2, 0) is 6.42 Å². The maximum absolute atomic E-state index is 9.12. The van der Waals surface area contributed by atoms with E-state index in [1.165, 1.54) is 4.88 Å². The molecule has 0 bridgehead atoms. The van der Waals surface area contributed by atoms with Gasteiger partial charge in [-0.3, -0.25) is 0 Å². The first-order valence-corrected chi connectivity index (χ1v) is 5.81. The monoisotopic (exact) mass is 214 g/mol. The highest BCUT2D eigenvalue weighted by Gasteiger charge is 2.09. The summed E-state index contributed by atoms with van der Waals surface area (Å²) in [6.07, 6.45) is 2.67. The molecule has 1 rings (SSSR count). The fourth-order valence-electron chi connectivity index (χ4n) is 1.12. The topological polar surface area (TPSA) is 45.2 Å². The first kappa shape index (κ1) is 11.6. The van der Waals surface area contributed by atoms with Crippen molar-refractivity contribution in [3.8, 4) is 0 Å². The largest absolute Gasteiger partial charge is 0.392 e. The molecule has 0 aliphatic carbocycles. The lowest BCUT2D eigenvalue weighted by atomic mass is 10.3. The molecule has 2 atom stereocenters. The third-order valence-electron chi connectivity index (χ3n) is 2.01. The van der Waals surface area contributed by atoms with Gasteiger partial charge in [-0.1, -0.05) is 6.92 Å². The van der Waals surface area contributed by atoms with Crippen LogP contribution in [-0.4, -0.2) is 22.7 Å². The van der Waals surface area contributed by atoms with E-state index in [1.54, 1.807) is 18.3 Å². The van der Waals surface area contributed by atoms with E-state index in [1.807, 2.05) is 6.20 Å². The van der Waals surface area contributed by atoms with Gasteiger partial charge < -0.3 is 10.4 Å². The lowest BCUT2D eigenvalue weighted by molar-refractivity contribution is 0.187. The number of aliphatic hydroxyl groups excluding tert-OH is 1. The first-order valence-electron chi connectivity index (χ1n) is 4.99. The molecule has 0 aliphatic heterocycles. The average Bonchev–Trinajstić information content (AvgIpc) is 2.62. The molecular formula is C10H18N2OS. The molecule has 0 saturated carbocycles. The molecule has 2 N–H and O–H groups in total. The van der Waals surface area contributed by atoms with Crippen molar-refractivity contribution in [2.24, 2.45) is 0 Å². The summed E-state index contributed by atoms with van der Waals surface area (Å²) in [5, 5.41) is 13.5. The normalized spacial score (nSPS) is 15.4. The van der Waals surface area contributed by atoms with Gasteiger partial charge in [0.1, 0.15) is 5.01 Å². The van der Waals surface area contributed by atoms with E-state index >= 15 is 0 Å². The van der Waals surface area contributed by atoms with Gasteiger partial charge in [0.15, 0.2) is 0 Å². The van der Waals surface area contributed by atoms with Gasteiger partial charge in [-0.15, -0.1) is 11.3 Å². The second kappa shape index (κ2) is 5.44. The van der Waals surface area contributed by atoms with Crippen LogP contribution in [0.15, 0.2) is 6.20 Å². The molecule has 80 valence electrons. The zero-order valence-electron chi connectivity index (χ0n) is 8.95. The second-order valence-electron chi connectivity index (χ2n) is 3.50. The highest BCUT2D eigenvalue weighted by atomic mass is 32.1. The van der Waals surface area contributed by atoms with Crippen molar-refractivity contribution < 1.29 is 5.11 Å². The minimum absolute atomic E-state index is 0.231. The Kier molecular flexibility index (Phi) is 4.51. The smallest absolute Gasteiger partial charge is 0.109 e. The Hall–Kier alpha value is -0.450. The molecule has 0 aromatic carbocycles. The molecule has 0 spiro atoms. The minimum atomic E-state index is -0.303. The SMILES string of the molecule is CCc1cnc(C(C)NC[C@@H](C)O)s1. The molecule has 0 fully saturated rings. The van der Waals surface area contributed by atoms with Crippen molar-refractivity contribution >= 4 is 11.3 Å². The first-order chi connectivity index (χ1) is 6.63. The standard InChI is InChI=1S/C10H18N2OS/c1-4-9-6-12-10(14-9)8(3)11-5-7(2)13/h6-8,11,13H,4-5H2,1-3H3/t7-,8?/m1/s1. The maximum Gasteiger partial charge on any atom is 0.109 e. The molecule has 1 unspecified atom stereocenters. The van der Waals surface area contributed by atoms with Crippen LogP contribution in [0.2, 0.25) is 0 Å². The van der Waals surface area contributed by atoms with Gasteiger partial charge in [0, 0.05) is 17.6 Å². The zero-order chi connectivity index (χ0) is 10.6. The summed E-state index contributed by atoms with van der Waals surface area (Å²) in [6.45, 7) is 6.59. The van der Waals surface area contributed by atoms with Crippen molar-refractivity contribution in [3.63, 3.8) is 0 Å². The van der Waals surface area contributed by atoms with Crippen LogP contribution in [0.5, 0.6) is 0 Å². The number of nitrogens with one attached hydrogen (secondary N) is 1. The fraction of sp³-hybridized carbons (Fsp3) is 0.700.